The Morgan fingerprint density at radius 2 is 1.70 bits per heavy atom. The number of benzene rings is 2. The molecule has 0 saturated carbocycles. The van der Waals surface area contributed by atoms with Crippen LogP contribution in [-0.4, -0.2) is 23.9 Å². The van der Waals surface area contributed by atoms with E-state index in [2.05, 4.69) is 19.6 Å². The largest absolute Gasteiger partial charge is 0.321 e. The zero-order valence-electron chi connectivity index (χ0n) is 14.1. The predicted octanol–water partition coefficient (Wildman–Crippen LogP) is 3.29. The molecule has 0 aliphatic heterocycles. The quantitative estimate of drug-likeness (QED) is 0.654. The Morgan fingerprint density at radius 3 is 2.33 bits per heavy atom. The van der Waals surface area contributed by atoms with E-state index in [0.717, 1.165) is 23.7 Å². The number of carbonyl (C=O) groups excluding carboxylic acids is 1. The number of carbonyl (C=O) groups is 1. The molecule has 0 unspecified atom stereocenters. The number of anilines is 2. The number of nitrogens with one attached hydrogen (secondary N) is 2. The third-order valence-corrected chi connectivity index (χ3v) is 5.78. The lowest BCUT2D eigenvalue weighted by Crippen LogP contribution is -2.14. The fourth-order valence-electron chi connectivity index (χ4n) is 2.25. The molecule has 140 valence electrons. The number of aromatic nitrogens is 2. The van der Waals surface area contributed by atoms with Gasteiger partial charge in [0.1, 0.15) is 10.7 Å². The van der Waals surface area contributed by atoms with Crippen LogP contribution in [0.1, 0.15) is 22.3 Å². The molecule has 3 rings (SSSR count). The standard InChI is InChI=1S/C17H15FN4O3S2/c1-2-15-16(26-22-20-15)17(23)19-12-5-7-13(8-6-12)21-27(24,25)14-9-3-11(18)4-10-14/h3-10,21H,2H2,1H3,(H,19,23). The van der Waals surface area contributed by atoms with Gasteiger partial charge in [0.2, 0.25) is 0 Å². The maximum Gasteiger partial charge on any atom is 0.269 e. The molecule has 0 fully saturated rings. The zero-order chi connectivity index (χ0) is 19.4. The SMILES string of the molecule is CCc1nnsc1C(=O)Nc1ccc(NS(=O)(=O)c2ccc(F)cc2)cc1. The molecule has 27 heavy (non-hydrogen) atoms. The van der Waals surface area contributed by atoms with Crippen molar-refractivity contribution < 1.29 is 17.6 Å². The normalized spacial score (nSPS) is 11.2. The van der Waals surface area contributed by atoms with E-state index in [9.17, 15) is 17.6 Å². The first kappa shape index (κ1) is 18.9. The Bertz CT molecular complexity index is 1050. The van der Waals surface area contributed by atoms with Gasteiger partial charge >= 0.3 is 0 Å². The summed E-state index contributed by atoms with van der Waals surface area (Å²) in [7, 11) is -3.83. The molecule has 0 saturated heterocycles. The fraction of sp³-hybridized carbons (Fsp3) is 0.118. The molecule has 0 bridgehead atoms. The highest BCUT2D eigenvalue weighted by Crippen LogP contribution is 2.20. The minimum atomic E-state index is -3.83. The molecule has 0 aliphatic rings. The smallest absolute Gasteiger partial charge is 0.269 e. The van der Waals surface area contributed by atoms with Crippen LogP contribution in [0.2, 0.25) is 0 Å². The summed E-state index contributed by atoms with van der Waals surface area (Å²) in [6, 6.07) is 10.7. The van der Waals surface area contributed by atoms with Gasteiger partial charge in [-0.25, -0.2) is 12.8 Å². The van der Waals surface area contributed by atoms with Gasteiger partial charge in [-0.05, 0) is 66.5 Å². The van der Waals surface area contributed by atoms with Gasteiger partial charge in [-0.2, -0.15) is 0 Å². The zero-order valence-corrected chi connectivity index (χ0v) is 15.8. The van der Waals surface area contributed by atoms with Crippen molar-refractivity contribution in [2.75, 3.05) is 10.0 Å². The third-order valence-electron chi connectivity index (χ3n) is 3.62. The Morgan fingerprint density at radius 1 is 1.07 bits per heavy atom. The molecule has 7 nitrogen and oxygen atoms in total. The molecule has 0 spiro atoms. The minimum Gasteiger partial charge on any atom is -0.321 e. The monoisotopic (exact) mass is 406 g/mol. The van der Waals surface area contributed by atoms with E-state index in [4.69, 9.17) is 0 Å². The van der Waals surface area contributed by atoms with E-state index in [-0.39, 0.29) is 10.8 Å². The summed E-state index contributed by atoms with van der Waals surface area (Å²) in [4.78, 5) is 12.7. The van der Waals surface area contributed by atoms with Crippen molar-refractivity contribution in [1.82, 2.24) is 9.59 Å². The summed E-state index contributed by atoms with van der Waals surface area (Å²) in [5.41, 5.74) is 1.44. The van der Waals surface area contributed by atoms with Crippen LogP contribution >= 0.6 is 11.5 Å². The number of sulfonamides is 1. The predicted molar refractivity (Wildman–Crippen MR) is 101 cm³/mol. The van der Waals surface area contributed by atoms with Gasteiger partial charge in [-0.15, -0.1) is 5.10 Å². The van der Waals surface area contributed by atoms with E-state index < -0.39 is 15.8 Å². The van der Waals surface area contributed by atoms with Crippen molar-refractivity contribution in [3.05, 3.63) is 64.9 Å². The van der Waals surface area contributed by atoms with E-state index >= 15 is 0 Å². The lowest BCUT2D eigenvalue weighted by Gasteiger charge is -2.09. The molecular weight excluding hydrogens is 391 g/mol. The molecule has 3 aromatic rings. The van der Waals surface area contributed by atoms with Crippen LogP contribution in [0.15, 0.2) is 53.4 Å². The molecule has 0 atom stereocenters. The van der Waals surface area contributed by atoms with Crippen LogP contribution in [-0.2, 0) is 16.4 Å². The summed E-state index contributed by atoms with van der Waals surface area (Å²) in [6.45, 7) is 1.88. The molecule has 0 aliphatic carbocycles. The van der Waals surface area contributed by atoms with Gasteiger partial charge in [-0.3, -0.25) is 9.52 Å². The number of aryl methyl sites for hydroxylation is 1. The highest BCUT2D eigenvalue weighted by molar-refractivity contribution is 7.92. The fourth-order valence-corrected chi connectivity index (χ4v) is 3.95. The van der Waals surface area contributed by atoms with E-state index in [1.54, 1.807) is 12.1 Å². The molecule has 2 aromatic carbocycles. The maximum absolute atomic E-state index is 12.9. The Kier molecular flexibility index (Phi) is 5.47. The molecule has 10 heteroatoms. The second-order valence-corrected chi connectivity index (χ2v) is 7.93. The van der Waals surface area contributed by atoms with Gasteiger partial charge in [-0.1, -0.05) is 11.4 Å². The summed E-state index contributed by atoms with van der Waals surface area (Å²) in [6.07, 6.45) is 0.601. The van der Waals surface area contributed by atoms with Crippen molar-refractivity contribution in [2.45, 2.75) is 18.2 Å². The third kappa shape index (κ3) is 4.47. The Hall–Kier alpha value is -2.85. The Labute approximate surface area is 159 Å². The number of rotatable bonds is 6. The van der Waals surface area contributed by atoms with Crippen molar-refractivity contribution in [2.24, 2.45) is 0 Å². The second-order valence-electron chi connectivity index (χ2n) is 5.49. The summed E-state index contributed by atoms with van der Waals surface area (Å²) in [5, 5.41) is 6.61. The van der Waals surface area contributed by atoms with Crippen LogP contribution in [0, 0.1) is 5.82 Å². The number of halogens is 1. The van der Waals surface area contributed by atoms with Gasteiger partial charge in [0.15, 0.2) is 0 Å². The van der Waals surface area contributed by atoms with Gasteiger partial charge in [0.05, 0.1) is 10.6 Å². The van der Waals surface area contributed by atoms with Crippen LogP contribution in [0.3, 0.4) is 0 Å². The average molecular weight is 406 g/mol. The Balaban J connectivity index is 1.70. The lowest BCUT2D eigenvalue weighted by atomic mass is 10.2. The number of hydrogen-bond donors (Lipinski definition) is 2. The summed E-state index contributed by atoms with van der Waals surface area (Å²) >= 11 is 1.02. The first-order valence-electron chi connectivity index (χ1n) is 7.90. The first-order chi connectivity index (χ1) is 12.9. The van der Waals surface area contributed by atoms with Crippen molar-refractivity contribution in [3.8, 4) is 0 Å². The van der Waals surface area contributed by atoms with Crippen LogP contribution in [0.25, 0.3) is 0 Å². The number of amides is 1. The summed E-state index contributed by atoms with van der Waals surface area (Å²) < 4.78 is 43.7. The van der Waals surface area contributed by atoms with Gasteiger partial charge in [0.25, 0.3) is 15.9 Å². The van der Waals surface area contributed by atoms with Crippen LogP contribution in [0.4, 0.5) is 15.8 Å². The molecule has 2 N–H and O–H groups in total. The summed E-state index contributed by atoms with van der Waals surface area (Å²) in [5.74, 6) is -0.835. The van der Waals surface area contributed by atoms with E-state index in [1.807, 2.05) is 6.92 Å². The molecule has 0 radical (unpaired) electrons. The molecular formula is C17H15FN4O3S2. The maximum atomic E-state index is 12.9. The van der Waals surface area contributed by atoms with E-state index in [1.165, 1.54) is 24.3 Å². The molecule has 1 aromatic heterocycles. The van der Waals surface area contributed by atoms with Crippen molar-refractivity contribution in [3.63, 3.8) is 0 Å². The molecule has 1 amide bonds. The second kappa shape index (κ2) is 7.80. The van der Waals surface area contributed by atoms with Gasteiger partial charge in [0, 0.05) is 11.4 Å². The number of nitrogens with zero attached hydrogens (tertiary/aromatic N) is 2. The number of hydrogen-bond acceptors (Lipinski definition) is 6. The van der Waals surface area contributed by atoms with Crippen LogP contribution < -0.4 is 10.0 Å². The minimum absolute atomic E-state index is 0.0499. The van der Waals surface area contributed by atoms with Crippen molar-refractivity contribution >= 4 is 38.8 Å². The first-order valence-corrected chi connectivity index (χ1v) is 10.2. The topological polar surface area (TPSA) is 101 Å². The van der Waals surface area contributed by atoms with Crippen molar-refractivity contribution in [1.29, 1.82) is 0 Å². The van der Waals surface area contributed by atoms with E-state index in [0.29, 0.717) is 28.4 Å². The van der Waals surface area contributed by atoms with Gasteiger partial charge < -0.3 is 5.32 Å². The average Bonchev–Trinajstić information content (AvgIpc) is 3.12. The highest BCUT2D eigenvalue weighted by atomic mass is 32.2. The highest BCUT2D eigenvalue weighted by Gasteiger charge is 2.16. The lowest BCUT2D eigenvalue weighted by molar-refractivity contribution is 0.102. The molecule has 1 heterocycles. The van der Waals surface area contributed by atoms with Crippen LogP contribution in [0.5, 0.6) is 0 Å².